The van der Waals surface area contributed by atoms with Crippen LogP contribution in [-0.2, 0) is 10.0 Å². The van der Waals surface area contributed by atoms with Crippen molar-refractivity contribution in [3.63, 3.8) is 0 Å². The molecule has 1 saturated heterocycles. The quantitative estimate of drug-likeness (QED) is 0.892. The second-order valence-corrected chi connectivity index (χ2v) is 8.23. The molecule has 1 amide bonds. The number of nitrogens with zero attached hydrogens (tertiary/aromatic N) is 1. The van der Waals surface area contributed by atoms with E-state index in [0.29, 0.717) is 31.5 Å². The first-order valence-corrected chi connectivity index (χ1v) is 9.97. The SMILES string of the molecule is Cc1ccc(S(=O)(=O)NC2CCN(C(=O)c3cccc(F)c3)CC2)cc1. The van der Waals surface area contributed by atoms with Crippen LogP contribution in [0.3, 0.4) is 0 Å². The molecule has 0 atom stereocenters. The molecule has 0 spiro atoms. The van der Waals surface area contributed by atoms with Crippen molar-refractivity contribution in [1.29, 1.82) is 0 Å². The van der Waals surface area contributed by atoms with E-state index in [9.17, 15) is 17.6 Å². The Morgan fingerprint density at radius 2 is 1.77 bits per heavy atom. The second-order valence-electron chi connectivity index (χ2n) is 6.51. The molecule has 1 aliphatic rings. The van der Waals surface area contributed by atoms with Gasteiger partial charge in [-0.2, -0.15) is 0 Å². The maximum Gasteiger partial charge on any atom is 0.253 e. The number of likely N-dealkylation sites (tertiary alicyclic amines) is 1. The van der Waals surface area contributed by atoms with Gasteiger partial charge in [-0.1, -0.05) is 23.8 Å². The summed E-state index contributed by atoms with van der Waals surface area (Å²) in [5.41, 5.74) is 1.30. The second kappa shape index (κ2) is 7.55. The topological polar surface area (TPSA) is 66.5 Å². The Morgan fingerprint density at radius 3 is 2.38 bits per heavy atom. The van der Waals surface area contributed by atoms with Gasteiger partial charge in [0, 0.05) is 24.7 Å². The first-order chi connectivity index (χ1) is 12.3. The Labute approximate surface area is 152 Å². The Hall–Kier alpha value is -2.25. The zero-order valence-corrected chi connectivity index (χ0v) is 15.3. The van der Waals surface area contributed by atoms with Gasteiger partial charge in [0.15, 0.2) is 0 Å². The number of nitrogens with one attached hydrogen (secondary N) is 1. The molecule has 0 aromatic heterocycles. The minimum absolute atomic E-state index is 0.224. The van der Waals surface area contributed by atoms with Crippen LogP contribution >= 0.6 is 0 Å². The third-order valence-corrected chi connectivity index (χ3v) is 6.04. The Bertz CT molecular complexity index is 889. The molecule has 1 aliphatic heterocycles. The fourth-order valence-electron chi connectivity index (χ4n) is 3.01. The minimum atomic E-state index is -3.58. The highest BCUT2D eigenvalue weighted by Crippen LogP contribution is 2.17. The van der Waals surface area contributed by atoms with Crippen LogP contribution in [-0.4, -0.2) is 38.4 Å². The molecule has 1 heterocycles. The van der Waals surface area contributed by atoms with E-state index in [2.05, 4.69) is 4.72 Å². The van der Waals surface area contributed by atoms with Gasteiger partial charge in [0.25, 0.3) is 5.91 Å². The van der Waals surface area contributed by atoms with Gasteiger partial charge >= 0.3 is 0 Å². The summed E-state index contributed by atoms with van der Waals surface area (Å²) >= 11 is 0. The van der Waals surface area contributed by atoms with E-state index in [4.69, 9.17) is 0 Å². The standard InChI is InChI=1S/C19H21FN2O3S/c1-14-5-7-18(8-6-14)26(24,25)21-17-9-11-22(12-10-17)19(23)15-3-2-4-16(20)13-15/h2-8,13,17,21H,9-12H2,1H3. The van der Waals surface area contributed by atoms with Gasteiger partial charge in [0.2, 0.25) is 10.0 Å². The fraction of sp³-hybridized carbons (Fsp3) is 0.316. The molecular formula is C19H21FN2O3S. The summed E-state index contributed by atoms with van der Waals surface area (Å²) in [5.74, 6) is -0.680. The molecule has 1 fully saturated rings. The number of carbonyl (C=O) groups is 1. The third kappa shape index (κ3) is 4.28. The summed E-state index contributed by atoms with van der Waals surface area (Å²) < 4.78 is 40.9. The largest absolute Gasteiger partial charge is 0.339 e. The summed E-state index contributed by atoms with van der Waals surface area (Å²) in [5, 5.41) is 0. The van der Waals surface area contributed by atoms with Gasteiger partial charge in [-0.25, -0.2) is 17.5 Å². The van der Waals surface area contributed by atoms with Gasteiger partial charge in [-0.3, -0.25) is 4.79 Å². The molecule has 0 saturated carbocycles. The number of benzene rings is 2. The molecule has 7 heteroatoms. The maximum atomic E-state index is 13.3. The first-order valence-electron chi connectivity index (χ1n) is 8.49. The number of halogens is 1. The van der Waals surface area contributed by atoms with Crippen molar-refractivity contribution < 1.29 is 17.6 Å². The van der Waals surface area contributed by atoms with Gasteiger partial charge in [0.1, 0.15) is 5.82 Å². The summed E-state index contributed by atoms with van der Waals surface area (Å²) in [6, 6.07) is 12.1. The number of piperidine rings is 1. The molecule has 1 N–H and O–H groups in total. The van der Waals surface area contributed by atoms with Crippen LogP contribution in [0.15, 0.2) is 53.4 Å². The molecule has 0 aliphatic carbocycles. The van der Waals surface area contributed by atoms with E-state index in [0.717, 1.165) is 5.56 Å². The van der Waals surface area contributed by atoms with E-state index < -0.39 is 15.8 Å². The van der Waals surface area contributed by atoms with Crippen LogP contribution < -0.4 is 4.72 Å². The lowest BCUT2D eigenvalue weighted by Crippen LogP contribution is -2.46. The summed E-state index contributed by atoms with van der Waals surface area (Å²) in [4.78, 5) is 14.3. The fourth-order valence-corrected chi connectivity index (χ4v) is 4.31. The number of aryl methyl sites for hydroxylation is 1. The van der Waals surface area contributed by atoms with Crippen molar-refractivity contribution in [2.75, 3.05) is 13.1 Å². The molecule has 26 heavy (non-hydrogen) atoms. The molecule has 0 radical (unpaired) electrons. The molecule has 2 aromatic rings. The molecule has 5 nitrogen and oxygen atoms in total. The van der Waals surface area contributed by atoms with Gasteiger partial charge < -0.3 is 4.90 Å². The first kappa shape index (κ1) is 18.5. The predicted octanol–water partition coefficient (Wildman–Crippen LogP) is 2.72. The molecule has 0 unspecified atom stereocenters. The highest BCUT2D eigenvalue weighted by atomic mass is 32.2. The minimum Gasteiger partial charge on any atom is -0.339 e. The smallest absolute Gasteiger partial charge is 0.253 e. The van der Waals surface area contributed by atoms with Crippen LogP contribution in [0.25, 0.3) is 0 Å². The highest BCUT2D eigenvalue weighted by Gasteiger charge is 2.27. The Kier molecular flexibility index (Phi) is 5.38. The number of sulfonamides is 1. The number of hydrogen-bond acceptors (Lipinski definition) is 3. The molecule has 0 bridgehead atoms. The van der Waals surface area contributed by atoms with E-state index in [1.165, 1.54) is 18.2 Å². The van der Waals surface area contributed by atoms with E-state index >= 15 is 0 Å². The monoisotopic (exact) mass is 376 g/mol. The Balaban J connectivity index is 1.60. The lowest BCUT2D eigenvalue weighted by Gasteiger charge is -2.32. The number of rotatable bonds is 4. The van der Waals surface area contributed by atoms with Crippen molar-refractivity contribution >= 4 is 15.9 Å². The zero-order chi connectivity index (χ0) is 18.7. The van der Waals surface area contributed by atoms with Crippen LogP contribution in [0.4, 0.5) is 4.39 Å². The van der Waals surface area contributed by atoms with Gasteiger partial charge in [0.05, 0.1) is 4.90 Å². The number of amides is 1. The summed E-state index contributed by atoms with van der Waals surface area (Å²) in [6.07, 6.45) is 1.04. The third-order valence-electron chi connectivity index (χ3n) is 4.51. The average Bonchev–Trinajstić information content (AvgIpc) is 2.62. The Morgan fingerprint density at radius 1 is 1.12 bits per heavy atom. The normalized spacial score (nSPS) is 15.8. The number of carbonyl (C=O) groups excluding carboxylic acids is 1. The average molecular weight is 376 g/mol. The van der Waals surface area contributed by atoms with Crippen LogP contribution in [0.5, 0.6) is 0 Å². The lowest BCUT2D eigenvalue weighted by molar-refractivity contribution is 0.0711. The summed E-state index contributed by atoms with van der Waals surface area (Å²) in [7, 11) is -3.58. The molecular weight excluding hydrogens is 355 g/mol. The van der Waals surface area contributed by atoms with Gasteiger partial charge in [-0.05, 0) is 50.1 Å². The van der Waals surface area contributed by atoms with Crippen molar-refractivity contribution in [3.05, 3.63) is 65.5 Å². The van der Waals surface area contributed by atoms with Crippen LogP contribution in [0, 0.1) is 12.7 Å². The van der Waals surface area contributed by atoms with Crippen molar-refractivity contribution in [1.82, 2.24) is 9.62 Å². The van der Waals surface area contributed by atoms with Crippen molar-refractivity contribution in [2.24, 2.45) is 0 Å². The van der Waals surface area contributed by atoms with Gasteiger partial charge in [-0.15, -0.1) is 0 Å². The molecule has 138 valence electrons. The number of hydrogen-bond donors (Lipinski definition) is 1. The van der Waals surface area contributed by atoms with E-state index in [1.807, 2.05) is 6.92 Å². The highest BCUT2D eigenvalue weighted by molar-refractivity contribution is 7.89. The lowest BCUT2D eigenvalue weighted by atomic mass is 10.0. The predicted molar refractivity (Wildman–Crippen MR) is 96.8 cm³/mol. The van der Waals surface area contributed by atoms with E-state index in [-0.39, 0.29) is 16.8 Å². The van der Waals surface area contributed by atoms with Crippen molar-refractivity contribution in [2.45, 2.75) is 30.7 Å². The van der Waals surface area contributed by atoms with Crippen molar-refractivity contribution in [3.8, 4) is 0 Å². The van der Waals surface area contributed by atoms with Crippen LogP contribution in [0.2, 0.25) is 0 Å². The molecule has 3 rings (SSSR count). The zero-order valence-electron chi connectivity index (χ0n) is 14.5. The molecule has 2 aromatic carbocycles. The van der Waals surface area contributed by atoms with E-state index in [1.54, 1.807) is 35.2 Å². The van der Waals surface area contributed by atoms with Crippen LogP contribution in [0.1, 0.15) is 28.8 Å². The summed E-state index contributed by atoms with van der Waals surface area (Å²) in [6.45, 7) is 2.75. The maximum absolute atomic E-state index is 13.3.